The Bertz CT molecular complexity index is 842. The minimum atomic E-state index is -0.311. The van der Waals surface area contributed by atoms with E-state index in [4.69, 9.17) is 0 Å². The van der Waals surface area contributed by atoms with Crippen LogP contribution in [0.1, 0.15) is 11.3 Å². The van der Waals surface area contributed by atoms with E-state index >= 15 is 0 Å². The number of nitriles is 1. The predicted octanol–water partition coefficient (Wildman–Crippen LogP) is 2.44. The lowest BCUT2D eigenvalue weighted by atomic mass is 10.2. The molecule has 0 spiro atoms. The van der Waals surface area contributed by atoms with Gasteiger partial charge in [0, 0.05) is 18.5 Å². The van der Waals surface area contributed by atoms with Gasteiger partial charge in [-0.25, -0.2) is 9.48 Å². The quantitative estimate of drug-likeness (QED) is 0.924. The molecule has 2 heterocycles. The van der Waals surface area contributed by atoms with Gasteiger partial charge in [-0.05, 0) is 25.1 Å². The number of benzene rings is 1. The van der Waals surface area contributed by atoms with E-state index in [0.717, 1.165) is 5.69 Å². The lowest BCUT2D eigenvalue weighted by molar-refractivity contribution is 0.229. The highest BCUT2D eigenvalue weighted by Gasteiger charge is 2.16. The van der Waals surface area contributed by atoms with Crippen LogP contribution in [0.5, 0.6) is 0 Å². The number of aliphatic imine (C=N–C) groups is 1. The average Bonchev–Trinajstić information content (AvgIpc) is 2.95. The van der Waals surface area contributed by atoms with E-state index < -0.39 is 0 Å². The maximum Gasteiger partial charge on any atom is 0.328 e. The molecular formula is C16H14N6O. The normalized spacial score (nSPS) is 13.0. The van der Waals surface area contributed by atoms with Gasteiger partial charge in [-0.15, -0.1) is 0 Å². The molecule has 0 aliphatic carbocycles. The molecule has 0 unspecified atom stereocenters. The van der Waals surface area contributed by atoms with Crippen LogP contribution in [0.15, 0.2) is 47.6 Å². The highest BCUT2D eigenvalue weighted by Crippen LogP contribution is 2.20. The Balaban J connectivity index is 1.92. The number of aromatic nitrogens is 2. The summed E-state index contributed by atoms with van der Waals surface area (Å²) in [5, 5.41) is 16.4. The summed E-state index contributed by atoms with van der Waals surface area (Å²) in [6.07, 6.45) is 4.98. The van der Waals surface area contributed by atoms with Gasteiger partial charge in [0.2, 0.25) is 0 Å². The Morgan fingerprint density at radius 3 is 2.96 bits per heavy atom. The van der Waals surface area contributed by atoms with Crippen LogP contribution in [-0.4, -0.2) is 33.6 Å². The molecule has 7 nitrogen and oxygen atoms in total. The number of aryl methyl sites for hydroxylation is 1. The van der Waals surface area contributed by atoms with E-state index in [9.17, 15) is 10.1 Å². The third-order valence-electron chi connectivity index (χ3n) is 3.27. The van der Waals surface area contributed by atoms with Crippen LogP contribution in [0.25, 0.3) is 5.69 Å². The summed E-state index contributed by atoms with van der Waals surface area (Å²) in [6.45, 7) is 2.09. The van der Waals surface area contributed by atoms with Crippen molar-refractivity contribution in [3.63, 3.8) is 0 Å². The van der Waals surface area contributed by atoms with Crippen LogP contribution in [0, 0.1) is 18.3 Å². The number of anilines is 1. The average molecular weight is 306 g/mol. The van der Waals surface area contributed by atoms with Crippen molar-refractivity contribution in [2.75, 3.05) is 12.0 Å². The van der Waals surface area contributed by atoms with E-state index in [1.54, 1.807) is 47.4 Å². The third kappa shape index (κ3) is 2.96. The lowest BCUT2D eigenvalue weighted by Gasteiger charge is -2.18. The Kier molecular flexibility index (Phi) is 3.89. The zero-order chi connectivity index (χ0) is 16.2. The first-order chi connectivity index (χ1) is 11.2. The minimum Gasteiger partial charge on any atom is -0.292 e. The molecule has 0 radical (unpaired) electrons. The Morgan fingerprint density at radius 2 is 2.22 bits per heavy atom. The Morgan fingerprint density at radius 1 is 1.39 bits per heavy atom. The molecule has 0 atom stereocenters. The molecule has 114 valence electrons. The zero-order valence-corrected chi connectivity index (χ0v) is 12.5. The lowest BCUT2D eigenvalue weighted by Crippen LogP contribution is -2.32. The highest BCUT2D eigenvalue weighted by molar-refractivity contribution is 5.90. The predicted molar refractivity (Wildman–Crippen MR) is 86.4 cm³/mol. The van der Waals surface area contributed by atoms with Crippen LogP contribution in [-0.2, 0) is 0 Å². The molecule has 0 saturated heterocycles. The molecule has 7 heteroatoms. The van der Waals surface area contributed by atoms with E-state index in [0.29, 0.717) is 17.1 Å². The van der Waals surface area contributed by atoms with E-state index in [1.807, 2.05) is 13.0 Å². The van der Waals surface area contributed by atoms with Crippen LogP contribution in [0.3, 0.4) is 0 Å². The fourth-order valence-electron chi connectivity index (χ4n) is 2.22. The molecule has 1 aromatic carbocycles. The summed E-state index contributed by atoms with van der Waals surface area (Å²) < 4.78 is 1.56. The number of nitrogens with one attached hydrogen (secondary N) is 1. The molecule has 0 saturated carbocycles. The third-order valence-corrected chi connectivity index (χ3v) is 3.27. The molecular weight excluding hydrogens is 292 g/mol. The summed E-state index contributed by atoms with van der Waals surface area (Å²) in [4.78, 5) is 17.8. The summed E-state index contributed by atoms with van der Waals surface area (Å²) >= 11 is 0. The molecule has 1 aromatic heterocycles. The van der Waals surface area contributed by atoms with Crippen molar-refractivity contribution in [3.05, 3.63) is 53.9 Å². The standard InChI is InChI=1S/C16H14N6O/c1-12-9-15(19-16(23)21-8-4-7-18-11-21)22(20-12)14-6-3-2-5-13(14)10-17/h2-9H,11H2,1H3,(H,19,23). The Labute approximate surface area is 133 Å². The topological polar surface area (TPSA) is 86.3 Å². The van der Waals surface area contributed by atoms with Crippen LogP contribution in [0.4, 0.5) is 10.6 Å². The molecule has 0 fully saturated rings. The van der Waals surface area contributed by atoms with Crippen molar-refractivity contribution in [3.8, 4) is 11.8 Å². The second-order valence-corrected chi connectivity index (χ2v) is 4.93. The van der Waals surface area contributed by atoms with Gasteiger partial charge in [0.15, 0.2) is 0 Å². The molecule has 2 amide bonds. The number of allylic oxidation sites excluding steroid dienone is 1. The van der Waals surface area contributed by atoms with Crippen molar-refractivity contribution in [2.45, 2.75) is 6.92 Å². The zero-order valence-electron chi connectivity index (χ0n) is 12.5. The van der Waals surface area contributed by atoms with Crippen LogP contribution >= 0.6 is 0 Å². The molecule has 2 aromatic rings. The van der Waals surface area contributed by atoms with Gasteiger partial charge in [0.25, 0.3) is 0 Å². The van der Waals surface area contributed by atoms with Crippen molar-refractivity contribution in [1.29, 1.82) is 5.26 Å². The van der Waals surface area contributed by atoms with Gasteiger partial charge in [0.05, 0.1) is 16.9 Å². The Hall–Kier alpha value is -3.40. The number of hydrogen-bond donors (Lipinski definition) is 1. The SMILES string of the molecule is Cc1cc(NC(=O)N2C=CC=NC2)n(-c2ccccc2C#N)n1. The van der Waals surface area contributed by atoms with E-state index in [1.165, 1.54) is 4.90 Å². The maximum atomic E-state index is 12.3. The summed E-state index contributed by atoms with van der Waals surface area (Å²) in [5.41, 5.74) is 1.83. The number of para-hydroxylation sites is 1. The monoisotopic (exact) mass is 306 g/mol. The second-order valence-electron chi connectivity index (χ2n) is 4.93. The second kappa shape index (κ2) is 6.15. The first-order valence-corrected chi connectivity index (χ1v) is 6.99. The summed E-state index contributed by atoms with van der Waals surface area (Å²) in [7, 11) is 0. The van der Waals surface area contributed by atoms with Crippen molar-refractivity contribution >= 4 is 18.1 Å². The smallest absolute Gasteiger partial charge is 0.292 e. The minimum absolute atomic E-state index is 0.268. The van der Waals surface area contributed by atoms with Crippen molar-refractivity contribution in [2.24, 2.45) is 4.99 Å². The van der Waals surface area contributed by atoms with Gasteiger partial charge in [0.1, 0.15) is 18.6 Å². The molecule has 1 aliphatic heterocycles. The molecule has 1 aliphatic rings. The number of hydrogen-bond acceptors (Lipinski definition) is 4. The van der Waals surface area contributed by atoms with Crippen LogP contribution in [0.2, 0.25) is 0 Å². The van der Waals surface area contributed by atoms with Gasteiger partial charge in [-0.2, -0.15) is 10.4 Å². The number of rotatable bonds is 2. The molecule has 23 heavy (non-hydrogen) atoms. The molecule has 1 N–H and O–H groups in total. The largest absolute Gasteiger partial charge is 0.328 e. The first kappa shape index (κ1) is 14.5. The van der Waals surface area contributed by atoms with Crippen molar-refractivity contribution in [1.82, 2.24) is 14.7 Å². The van der Waals surface area contributed by atoms with Crippen LogP contribution < -0.4 is 5.32 Å². The fraction of sp³-hybridized carbons (Fsp3) is 0.125. The van der Waals surface area contributed by atoms with Gasteiger partial charge in [-0.3, -0.25) is 15.2 Å². The van der Waals surface area contributed by atoms with E-state index in [2.05, 4.69) is 21.5 Å². The van der Waals surface area contributed by atoms with Gasteiger partial charge in [-0.1, -0.05) is 12.1 Å². The number of amides is 2. The number of carbonyl (C=O) groups excluding carboxylic acids is 1. The van der Waals surface area contributed by atoms with Gasteiger partial charge < -0.3 is 0 Å². The summed E-state index contributed by atoms with van der Waals surface area (Å²) in [5.74, 6) is 0.498. The summed E-state index contributed by atoms with van der Waals surface area (Å²) in [6, 6.07) is 10.7. The fourth-order valence-corrected chi connectivity index (χ4v) is 2.22. The molecule has 0 bridgehead atoms. The van der Waals surface area contributed by atoms with Crippen molar-refractivity contribution < 1.29 is 4.79 Å². The number of nitrogens with zero attached hydrogens (tertiary/aromatic N) is 5. The highest BCUT2D eigenvalue weighted by atomic mass is 16.2. The first-order valence-electron chi connectivity index (χ1n) is 6.99. The van der Waals surface area contributed by atoms with E-state index in [-0.39, 0.29) is 12.7 Å². The number of urea groups is 1. The van der Waals surface area contributed by atoms with Gasteiger partial charge >= 0.3 is 6.03 Å². The number of carbonyl (C=O) groups is 1. The molecule has 3 rings (SSSR count). The maximum absolute atomic E-state index is 12.3.